The quantitative estimate of drug-likeness (QED) is 0.428. The van der Waals surface area contributed by atoms with Crippen molar-refractivity contribution in [3.05, 3.63) is 0 Å². The van der Waals surface area contributed by atoms with Gasteiger partial charge in [0, 0.05) is 31.2 Å². The predicted molar refractivity (Wildman–Crippen MR) is 84.1 cm³/mol. The van der Waals surface area contributed by atoms with E-state index >= 15 is 0 Å². The van der Waals surface area contributed by atoms with E-state index in [1.165, 1.54) is 25.7 Å². The van der Waals surface area contributed by atoms with Crippen molar-refractivity contribution in [3.63, 3.8) is 0 Å². The maximum absolute atomic E-state index is 5.91. The van der Waals surface area contributed by atoms with Crippen LogP contribution in [0, 0.1) is 5.41 Å². The number of hydrogen-bond donors (Lipinski definition) is 2. The molecule has 2 unspecified atom stereocenters. The molecule has 0 amide bonds. The summed E-state index contributed by atoms with van der Waals surface area (Å²) in [5.41, 5.74) is 0.400. The zero-order valence-corrected chi connectivity index (χ0v) is 13.4. The number of guanidine groups is 1. The summed E-state index contributed by atoms with van der Waals surface area (Å²) >= 11 is 0. The third-order valence-electron chi connectivity index (χ3n) is 4.87. The summed E-state index contributed by atoms with van der Waals surface area (Å²) in [6.07, 6.45) is 7.93. The van der Waals surface area contributed by atoms with Crippen LogP contribution >= 0.6 is 0 Å². The van der Waals surface area contributed by atoms with Gasteiger partial charge in [-0.3, -0.25) is 4.99 Å². The van der Waals surface area contributed by atoms with Crippen LogP contribution in [0.2, 0.25) is 0 Å². The van der Waals surface area contributed by atoms with Gasteiger partial charge >= 0.3 is 0 Å². The van der Waals surface area contributed by atoms with Crippen molar-refractivity contribution in [2.75, 3.05) is 19.7 Å². The van der Waals surface area contributed by atoms with Gasteiger partial charge < -0.3 is 15.4 Å². The normalized spacial score (nSPS) is 27.9. The molecule has 0 aromatic carbocycles. The first-order chi connectivity index (χ1) is 9.76. The molecule has 2 fully saturated rings. The second kappa shape index (κ2) is 7.30. The topological polar surface area (TPSA) is 45.7 Å². The van der Waals surface area contributed by atoms with Gasteiger partial charge in [0.1, 0.15) is 0 Å². The van der Waals surface area contributed by atoms with Gasteiger partial charge in [0.05, 0.1) is 6.10 Å². The second-order valence-electron chi connectivity index (χ2n) is 6.08. The maximum atomic E-state index is 5.91. The first kappa shape index (κ1) is 15.6. The lowest BCUT2D eigenvalue weighted by molar-refractivity contribution is -0.168. The minimum absolute atomic E-state index is 0.400. The van der Waals surface area contributed by atoms with Crippen molar-refractivity contribution >= 4 is 5.96 Å². The van der Waals surface area contributed by atoms with Crippen LogP contribution in [-0.4, -0.2) is 37.8 Å². The number of ether oxygens (including phenoxy) is 1. The lowest BCUT2D eigenvalue weighted by Crippen LogP contribution is -2.68. The minimum Gasteiger partial charge on any atom is -0.378 e. The van der Waals surface area contributed by atoms with Gasteiger partial charge in [-0.15, -0.1) is 0 Å². The van der Waals surface area contributed by atoms with Crippen molar-refractivity contribution in [3.8, 4) is 0 Å². The molecule has 1 spiro atoms. The minimum atomic E-state index is 0.400. The van der Waals surface area contributed by atoms with Crippen molar-refractivity contribution in [1.82, 2.24) is 10.6 Å². The molecule has 0 saturated heterocycles. The molecule has 0 aliphatic heterocycles. The van der Waals surface area contributed by atoms with Crippen LogP contribution in [0.4, 0.5) is 0 Å². The van der Waals surface area contributed by atoms with E-state index < -0.39 is 0 Å². The Labute approximate surface area is 123 Å². The Kier molecular flexibility index (Phi) is 5.70. The Morgan fingerprint density at radius 1 is 1.30 bits per heavy atom. The lowest BCUT2D eigenvalue weighted by Gasteiger charge is -2.61. The van der Waals surface area contributed by atoms with Gasteiger partial charge in [-0.1, -0.05) is 19.8 Å². The predicted octanol–water partition coefficient (Wildman–Crippen LogP) is 2.69. The zero-order chi connectivity index (χ0) is 14.4. The van der Waals surface area contributed by atoms with Crippen molar-refractivity contribution in [2.24, 2.45) is 10.4 Å². The smallest absolute Gasteiger partial charge is 0.191 e. The van der Waals surface area contributed by atoms with E-state index in [2.05, 4.69) is 36.4 Å². The summed E-state index contributed by atoms with van der Waals surface area (Å²) in [5.74, 6) is 0.993. The van der Waals surface area contributed by atoms with Crippen molar-refractivity contribution in [1.29, 1.82) is 0 Å². The summed E-state index contributed by atoms with van der Waals surface area (Å²) in [6, 6.07) is 0.548. The van der Waals surface area contributed by atoms with Gasteiger partial charge in [-0.2, -0.15) is 0 Å². The Balaban J connectivity index is 1.89. The van der Waals surface area contributed by atoms with E-state index in [9.17, 15) is 0 Å². The van der Waals surface area contributed by atoms with Crippen LogP contribution < -0.4 is 10.6 Å². The van der Waals surface area contributed by atoms with Gasteiger partial charge in [0.25, 0.3) is 0 Å². The molecule has 0 aromatic heterocycles. The van der Waals surface area contributed by atoms with E-state index in [1.54, 1.807) is 0 Å². The number of nitrogens with one attached hydrogen (secondary N) is 2. The molecule has 4 nitrogen and oxygen atoms in total. The monoisotopic (exact) mass is 281 g/mol. The highest BCUT2D eigenvalue weighted by Crippen LogP contribution is 2.57. The van der Waals surface area contributed by atoms with E-state index in [1.807, 2.05) is 0 Å². The number of rotatable bonds is 7. The van der Waals surface area contributed by atoms with E-state index in [-0.39, 0.29) is 0 Å². The van der Waals surface area contributed by atoms with Gasteiger partial charge in [0.2, 0.25) is 0 Å². The number of hydrogen-bond acceptors (Lipinski definition) is 2. The lowest BCUT2D eigenvalue weighted by atomic mass is 9.51. The summed E-state index contributed by atoms with van der Waals surface area (Å²) in [4.78, 5) is 4.67. The Bertz CT molecular complexity index is 326. The van der Waals surface area contributed by atoms with E-state index in [0.29, 0.717) is 17.6 Å². The highest BCUT2D eigenvalue weighted by atomic mass is 16.5. The Morgan fingerprint density at radius 2 is 2.10 bits per heavy atom. The van der Waals surface area contributed by atoms with E-state index in [0.717, 1.165) is 38.5 Å². The van der Waals surface area contributed by atoms with E-state index in [4.69, 9.17) is 4.74 Å². The van der Waals surface area contributed by atoms with Crippen LogP contribution in [0.5, 0.6) is 0 Å². The molecule has 0 aromatic rings. The fourth-order valence-electron chi connectivity index (χ4n) is 3.47. The molecule has 0 heterocycles. The molecular formula is C16H31N3O. The summed E-state index contributed by atoms with van der Waals surface area (Å²) < 4.78 is 5.91. The summed E-state index contributed by atoms with van der Waals surface area (Å²) in [5, 5.41) is 7.02. The molecule has 116 valence electrons. The molecule has 2 saturated carbocycles. The van der Waals surface area contributed by atoms with Crippen LogP contribution in [0.3, 0.4) is 0 Å². The molecule has 20 heavy (non-hydrogen) atoms. The average molecular weight is 281 g/mol. The van der Waals surface area contributed by atoms with Crippen LogP contribution in [0.1, 0.15) is 59.3 Å². The first-order valence-corrected chi connectivity index (χ1v) is 8.43. The molecule has 2 rings (SSSR count). The van der Waals surface area contributed by atoms with Gasteiger partial charge in [-0.25, -0.2) is 0 Å². The average Bonchev–Trinajstić information content (AvgIpc) is 2.35. The summed E-state index contributed by atoms with van der Waals surface area (Å²) in [7, 11) is 0. The third kappa shape index (κ3) is 3.11. The standard InChI is InChI=1S/C16H31N3O/c1-4-7-11-18-15(17-5-2)19-13-12-14(20-6-3)16(13)9-8-10-16/h13-14H,4-12H2,1-3H3,(H2,17,18,19). The zero-order valence-electron chi connectivity index (χ0n) is 13.4. The second-order valence-corrected chi connectivity index (χ2v) is 6.08. The molecular weight excluding hydrogens is 250 g/mol. The van der Waals surface area contributed by atoms with Crippen LogP contribution in [0.15, 0.2) is 4.99 Å². The van der Waals surface area contributed by atoms with Crippen molar-refractivity contribution in [2.45, 2.75) is 71.4 Å². The highest BCUT2D eigenvalue weighted by molar-refractivity contribution is 5.80. The summed E-state index contributed by atoms with van der Waals surface area (Å²) in [6.45, 7) is 9.11. The largest absolute Gasteiger partial charge is 0.378 e. The fourth-order valence-corrected chi connectivity index (χ4v) is 3.47. The van der Waals surface area contributed by atoms with Crippen molar-refractivity contribution < 1.29 is 4.74 Å². The Morgan fingerprint density at radius 3 is 2.65 bits per heavy atom. The molecule has 2 aliphatic carbocycles. The number of nitrogens with zero attached hydrogens (tertiary/aromatic N) is 1. The maximum Gasteiger partial charge on any atom is 0.191 e. The molecule has 2 N–H and O–H groups in total. The first-order valence-electron chi connectivity index (χ1n) is 8.43. The highest BCUT2D eigenvalue weighted by Gasteiger charge is 2.59. The van der Waals surface area contributed by atoms with Gasteiger partial charge in [-0.05, 0) is 39.5 Å². The van der Waals surface area contributed by atoms with Crippen LogP contribution in [-0.2, 0) is 4.74 Å². The van der Waals surface area contributed by atoms with Crippen LogP contribution in [0.25, 0.3) is 0 Å². The molecule has 0 radical (unpaired) electrons. The SMILES string of the molecule is CCCCN=C(NCC)NC1CC(OCC)C12CCC2. The molecule has 2 aliphatic rings. The van der Waals surface area contributed by atoms with Gasteiger partial charge in [0.15, 0.2) is 5.96 Å². The number of aliphatic imine (C=N–C) groups is 1. The molecule has 4 heteroatoms. The molecule has 0 bridgehead atoms. The third-order valence-corrected chi connectivity index (χ3v) is 4.87. The Hall–Kier alpha value is -0.770. The number of unbranched alkanes of at least 4 members (excludes halogenated alkanes) is 1. The molecule has 2 atom stereocenters. The fraction of sp³-hybridized carbons (Fsp3) is 0.938.